The quantitative estimate of drug-likeness (QED) is 0.285. The van der Waals surface area contributed by atoms with Gasteiger partial charge in [-0.25, -0.2) is 0 Å². The highest BCUT2D eigenvalue weighted by Crippen LogP contribution is 2.33. The second kappa shape index (κ2) is 8.59. The van der Waals surface area contributed by atoms with Crippen molar-refractivity contribution in [3.63, 3.8) is 0 Å². The number of hydrogen-bond donors (Lipinski definition) is 0. The van der Waals surface area contributed by atoms with Crippen molar-refractivity contribution in [1.29, 1.82) is 0 Å². The van der Waals surface area contributed by atoms with Gasteiger partial charge in [0.25, 0.3) is 0 Å². The van der Waals surface area contributed by atoms with Crippen molar-refractivity contribution < 1.29 is 0 Å². The molecule has 0 atom stereocenters. The first-order valence-electron chi connectivity index (χ1n) is 8.64. The van der Waals surface area contributed by atoms with E-state index < -0.39 is 0 Å². The molecular weight excluding hydrogens is 470 g/mol. The minimum atomic E-state index is 0.479. The number of halogens is 5. The monoisotopic (exact) mass is 480 g/mol. The molecule has 3 aromatic carbocycles. The van der Waals surface area contributed by atoms with E-state index in [1.54, 1.807) is 18.2 Å². The first-order chi connectivity index (χ1) is 13.9. The topological polar surface area (TPSA) is 17.8 Å². The van der Waals surface area contributed by atoms with Crippen LogP contribution in [0.25, 0.3) is 22.5 Å². The first-order valence-corrected chi connectivity index (χ1v) is 10.5. The van der Waals surface area contributed by atoms with Crippen LogP contribution < -0.4 is 0 Å². The second-order valence-corrected chi connectivity index (χ2v) is 8.52. The lowest BCUT2D eigenvalue weighted by Gasteiger charge is -2.09. The van der Waals surface area contributed by atoms with E-state index in [1.807, 2.05) is 53.2 Å². The van der Waals surface area contributed by atoms with Gasteiger partial charge in [-0.2, -0.15) is 5.10 Å². The number of hydrogen-bond acceptors (Lipinski definition) is 1. The molecule has 0 fully saturated rings. The van der Waals surface area contributed by atoms with Gasteiger partial charge in [0, 0.05) is 16.1 Å². The van der Waals surface area contributed by atoms with Crippen LogP contribution in [-0.2, 0) is 6.54 Å². The average Bonchev–Trinajstić information content (AvgIpc) is 3.12. The van der Waals surface area contributed by atoms with Crippen LogP contribution >= 0.6 is 58.0 Å². The summed E-state index contributed by atoms with van der Waals surface area (Å²) in [5, 5.41) is 7.46. The van der Waals surface area contributed by atoms with Crippen LogP contribution in [0.15, 0.2) is 66.7 Å². The molecule has 0 N–H and O–H groups in total. The summed E-state index contributed by atoms with van der Waals surface area (Å²) in [6, 6.07) is 20.6. The van der Waals surface area contributed by atoms with E-state index in [4.69, 9.17) is 63.1 Å². The fourth-order valence-corrected chi connectivity index (χ4v) is 3.71. The molecular formula is C22H13Cl5N2. The Morgan fingerprint density at radius 2 is 1.21 bits per heavy atom. The Morgan fingerprint density at radius 1 is 0.621 bits per heavy atom. The maximum atomic E-state index is 6.25. The molecule has 0 bridgehead atoms. The molecule has 0 aliphatic rings. The Morgan fingerprint density at radius 3 is 1.83 bits per heavy atom. The fourth-order valence-electron chi connectivity index (χ4n) is 2.98. The van der Waals surface area contributed by atoms with Gasteiger partial charge in [-0.3, -0.25) is 4.68 Å². The van der Waals surface area contributed by atoms with Crippen molar-refractivity contribution in [3.8, 4) is 22.5 Å². The molecule has 0 saturated carbocycles. The summed E-state index contributed by atoms with van der Waals surface area (Å²) in [4.78, 5) is 0. The molecule has 146 valence electrons. The summed E-state index contributed by atoms with van der Waals surface area (Å²) in [5.74, 6) is 0. The lowest BCUT2D eigenvalue weighted by atomic mass is 10.1. The van der Waals surface area contributed by atoms with E-state index in [2.05, 4.69) is 0 Å². The highest BCUT2D eigenvalue weighted by Gasteiger charge is 2.14. The fraction of sp³-hybridized carbons (Fsp3) is 0.0455. The molecule has 0 aliphatic carbocycles. The SMILES string of the molecule is Clc1ccc(Cn2nc(-c3ccc(Cl)c(Cl)c3)cc2-c2ccc(Cl)c(Cl)c2)cc1. The molecule has 0 spiro atoms. The third-order valence-corrected chi connectivity index (χ3v) is 6.19. The number of rotatable bonds is 4. The van der Waals surface area contributed by atoms with Gasteiger partial charge in [-0.15, -0.1) is 0 Å². The van der Waals surface area contributed by atoms with Crippen molar-refractivity contribution >= 4 is 58.0 Å². The first kappa shape index (κ1) is 20.6. The molecule has 1 heterocycles. The number of nitrogens with zero attached hydrogens (tertiary/aromatic N) is 2. The predicted molar refractivity (Wildman–Crippen MR) is 124 cm³/mol. The molecule has 2 nitrogen and oxygen atoms in total. The molecule has 0 aliphatic heterocycles. The smallest absolute Gasteiger partial charge is 0.0930 e. The van der Waals surface area contributed by atoms with Gasteiger partial charge >= 0.3 is 0 Å². The molecule has 0 amide bonds. The standard InChI is InChI=1S/C22H13Cl5N2/c23-16-5-1-13(2-6-16)12-29-22(15-4-8-18(25)20(27)10-15)11-21(28-29)14-3-7-17(24)19(26)9-14/h1-11H,12H2. The third kappa shape index (κ3) is 4.58. The van der Waals surface area contributed by atoms with Crippen LogP contribution in [-0.4, -0.2) is 9.78 Å². The summed E-state index contributed by atoms with van der Waals surface area (Å²) < 4.78 is 1.92. The van der Waals surface area contributed by atoms with Gasteiger partial charge in [0.15, 0.2) is 0 Å². The Hall–Kier alpha value is -1.68. The van der Waals surface area contributed by atoms with Crippen molar-refractivity contribution in [2.75, 3.05) is 0 Å². The van der Waals surface area contributed by atoms with E-state index in [1.165, 1.54) is 0 Å². The van der Waals surface area contributed by atoms with Gasteiger partial charge in [0.1, 0.15) is 0 Å². The van der Waals surface area contributed by atoms with Gasteiger partial charge in [-0.1, -0.05) is 82.3 Å². The summed E-state index contributed by atoms with van der Waals surface area (Å²) in [5.41, 5.74) is 4.53. The van der Waals surface area contributed by atoms with Crippen molar-refractivity contribution in [2.24, 2.45) is 0 Å². The minimum absolute atomic E-state index is 0.479. The molecule has 1 aromatic heterocycles. The van der Waals surface area contributed by atoms with E-state index in [-0.39, 0.29) is 0 Å². The Kier molecular flexibility index (Phi) is 6.10. The van der Waals surface area contributed by atoms with Crippen LogP contribution in [0.4, 0.5) is 0 Å². The van der Waals surface area contributed by atoms with Crippen LogP contribution in [0.3, 0.4) is 0 Å². The predicted octanol–water partition coefficient (Wildman–Crippen LogP) is 8.53. The highest BCUT2D eigenvalue weighted by molar-refractivity contribution is 6.42. The minimum Gasteiger partial charge on any atom is -0.260 e. The molecule has 4 rings (SSSR count). The van der Waals surface area contributed by atoms with Gasteiger partial charge < -0.3 is 0 Å². The summed E-state index contributed by atoms with van der Waals surface area (Å²) in [6.07, 6.45) is 0. The zero-order valence-electron chi connectivity index (χ0n) is 14.8. The average molecular weight is 483 g/mol. The normalized spacial score (nSPS) is 11.1. The highest BCUT2D eigenvalue weighted by atomic mass is 35.5. The van der Waals surface area contributed by atoms with Crippen LogP contribution in [0.2, 0.25) is 25.1 Å². The maximum absolute atomic E-state index is 6.25. The Balaban J connectivity index is 1.82. The largest absolute Gasteiger partial charge is 0.260 e. The van der Waals surface area contributed by atoms with Gasteiger partial charge in [-0.05, 0) is 48.0 Å². The zero-order valence-corrected chi connectivity index (χ0v) is 18.6. The zero-order chi connectivity index (χ0) is 20.5. The number of aromatic nitrogens is 2. The summed E-state index contributed by atoms with van der Waals surface area (Å²) >= 11 is 30.6. The van der Waals surface area contributed by atoms with E-state index in [0.717, 1.165) is 28.1 Å². The molecule has 0 saturated heterocycles. The van der Waals surface area contributed by atoms with Crippen molar-refractivity contribution in [1.82, 2.24) is 9.78 Å². The van der Waals surface area contributed by atoms with Crippen molar-refractivity contribution in [3.05, 3.63) is 97.4 Å². The van der Waals surface area contributed by atoms with Crippen LogP contribution in [0.1, 0.15) is 5.56 Å². The molecule has 0 radical (unpaired) electrons. The molecule has 0 unspecified atom stereocenters. The lowest BCUT2D eigenvalue weighted by Crippen LogP contribution is -2.04. The lowest BCUT2D eigenvalue weighted by molar-refractivity contribution is 0.697. The van der Waals surface area contributed by atoms with Gasteiger partial charge in [0.2, 0.25) is 0 Å². The van der Waals surface area contributed by atoms with E-state index in [0.29, 0.717) is 31.7 Å². The maximum Gasteiger partial charge on any atom is 0.0930 e. The Bertz CT molecular complexity index is 1180. The second-order valence-electron chi connectivity index (χ2n) is 6.46. The van der Waals surface area contributed by atoms with Crippen molar-refractivity contribution in [2.45, 2.75) is 6.54 Å². The van der Waals surface area contributed by atoms with Crippen LogP contribution in [0.5, 0.6) is 0 Å². The van der Waals surface area contributed by atoms with Gasteiger partial charge in [0.05, 0.1) is 38.0 Å². The Labute approximate surface area is 193 Å². The summed E-state index contributed by atoms with van der Waals surface area (Å²) in [6.45, 7) is 0.564. The van der Waals surface area contributed by atoms with Crippen LogP contribution in [0, 0.1) is 0 Å². The molecule has 7 heteroatoms. The summed E-state index contributed by atoms with van der Waals surface area (Å²) in [7, 11) is 0. The van der Waals surface area contributed by atoms with E-state index >= 15 is 0 Å². The molecule has 29 heavy (non-hydrogen) atoms. The number of benzene rings is 3. The van der Waals surface area contributed by atoms with E-state index in [9.17, 15) is 0 Å². The third-order valence-electron chi connectivity index (χ3n) is 4.46. The molecule has 4 aromatic rings.